The van der Waals surface area contributed by atoms with Crippen molar-refractivity contribution in [2.45, 2.75) is 38.1 Å². The van der Waals surface area contributed by atoms with E-state index in [0.29, 0.717) is 10.9 Å². The van der Waals surface area contributed by atoms with Crippen molar-refractivity contribution in [3.05, 3.63) is 34.1 Å². The fourth-order valence-corrected chi connectivity index (χ4v) is 2.77. The summed E-state index contributed by atoms with van der Waals surface area (Å²) in [6.45, 7) is 0.918. The molecule has 0 spiro atoms. The first kappa shape index (κ1) is 13.7. The summed E-state index contributed by atoms with van der Waals surface area (Å²) in [6.07, 6.45) is 4.71. The van der Waals surface area contributed by atoms with Crippen molar-refractivity contribution in [1.82, 2.24) is 5.32 Å². The van der Waals surface area contributed by atoms with Crippen LogP contribution in [0, 0.1) is 5.82 Å². The van der Waals surface area contributed by atoms with Crippen molar-refractivity contribution in [2.75, 3.05) is 6.54 Å². The summed E-state index contributed by atoms with van der Waals surface area (Å²) < 4.78 is 13.6. The molecule has 2 rings (SSSR count). The molecular weight excluding hydrogens is 297 g/mol. The lowest BCUT2D eigenvalue weighted by Gasteiger charge is -2.14. The van der Waals surface area contributed by atoms with E-state index in [0.717, 1.165) is 31.4 Å². The molecule has 1 N–H and O–H groups in total. The lowest BCUT2D eigenvalue weighted by atomic mass is 10.0. The number of carbonyl (C=O) groups is 1. The molecule has 0 aromatic heterocycles. The van der Waals surface area contributed by atoms with Gasteiger partial charge in [0.15, 0.2) is 5.78 Å². The van der Waals surface area contributed by atoms with E-state index in [-0.39, 0.29) is 17.6 Å². The number of nitrogens with one attached hydrogen (secondary N) is 1. The van der Waals surface area contributed by atoms with Gasteiger partial charge in [-0.3, -0.25) is 4.79 Å². The monoisotopic (exact) mass is 313 g/mol. The molecule has 18 heavy (non-hydrogen) atoms. The van der Waals surface area contributed by atoms with Gasteiger partial charge in [-0.15, -0.1) is 0 Å². The number of benzene rings is 1. The van der Waals surface area contributed by atoms with Gasteiger partial charge in [-0.05, 0) is 37.1 Å². The molecule has 0 saturated carbocycles. The van der Waals surface area contributed by atoms with E-state index >= 15 is 0 Å². The van der Waals surface area contributed by atoms with Gasteiger partial charge in [0.2, 0.25) is 0 Å². The van der Waals surface area contributed by atoms with Gasteiger partial charge in [-0.25, -0.2) is 4.39 Å². The van der Waals surface area contributed by atoms with Gasteiger partial charge in [0.05, 0.1) is 6.04 Å². The number of ketones is 1. The lowest BCUT2D eigenvalue weighted by molar-refractivity contribution is -0.120. The summed E-state index contributed by atoms with van der Waals surface area (Å²) >= 11 is 3.30. The Morgan fingerprint density at radius 1 is 1.39 bits per heavy atom. The van der Waals surface area contributed by atoms with Crippen LogP contribution < -0.4 is 5.32 Å². The third kappa shape index (κ3) is 3.62. The van der Waals surface area contributed by atoms with Crippen LogP contribution in [0.2, 0.25) is 0 Å². The Labute approximate surface area is 115 Å². The predicted molar refractivity (Wildman–Crippen MR) is 73.1 cm³/mol. The van der Waals surface area contributed by atoms with Gasteiger partial charge < -0.3 is 5.32 Å². The van der Waals surface area contributed by atoms with E-state index < -0.39 is 0 Å². The zero-order valence-electron chi connectivity index (χ0n) is 10.2. The van der Waals surface area contributed by atoms with Crippen LogP contribution in [0.15, 0.2) is 22.7 Å². The van der Waals surface area contributed by atoms with E-state index in [1.165, 1.54) is 18.6 Å². The minimum Gasteiger partial charge on any atom is -0.307 e. The molecule has 1 fully saturated rings. The first-order valence-electron chi connectivity index (χ1n) is 6.37. The second-order valence-corrected chi connectivity index (χ2v) is 5.59. The van der Waals surface area contributed by atoms with Crippen molar-refractivity contribution in [2.24, 2.45) is 0 Å². The summed E-state index contributed by atoms with van der Waals surface area (Å²) in [6, 6.07) is 4.44. The van der Waals surface area contributed by atoms with Crippen LogP contribution >= 0.6 is 15.9 Å². The molecule has 1 aliphatic heterocycles. The highest BCUT2D eigenvalue weighted by Gasteiger charge is 2.20. The standard InChI is InChI=1S/C14H17BrFNO/c15-12-9-11(16)6-5-10(12)8-14(18)13-4-2-1-3-7-17-13/h5-6,9,13,17H,1-4,7-8H2. The highest BCUT2D eigenvalue weighted by atomic mass is 79.9. The maximum Gasteiger partial charge on any atom is 0.154 e. The predicted octanol–water partition coefficient (Wildman–Crippen LogP) is 3.23. The second kappa shape index (κ2) is 6.43. The summed E-state index contributed by atoms with van der Waals surface area (Å²) in [4.78, 5) is 12.2. The fraction of sp³-hybridized carbons (Fsp3) is 0.500. The molecule has 0 amide bonds. The minimum absolute atomic E-state index is 0.0375. The Hall–Kier alpha value is -0.740. The summed E-state index contributed by atoms with van der Waals surface area (Å²) in [5.41, 5.74) is 0.854. The van der Waals surface area contributed by atoms with Crippen molar-refractivity contribution >= 4 is 21.7 Å². The second-order valence-electron chi connectivity index (χ2n) is 4.73. The molecule has 0 aliphatic carbocycles. The average Bonchev–Trinajstić information content (AvgIpc) is 2.61. The number of hydrogen-bond acceptors (Lipinski definition) is 2. The van der Waals surface area contributed by atoms with Gasteiger partial charge in [0.25, 0.3) is 0 Å². The minimum atomic E-state index is -0.286. The van der Waals surface area contributed by atoms with E-state index in [1.807, 2.05) is 0 Å². The Morgan fingerprint density at radius 3 is 3.00 bits per heavy atom. The van der Waals surface area contributed by atoms with Crippen LogP contribution in [0.3, 0.4) is 0 Å². The summed E-state index contributed by atoms with van der Waals surface area (Å²) in [5, 5.41) is 3.29. The third-order valence-electron chi connectivity index (χ3n) is 3.33. The van der Waals surface area contributed by atoms with Crippen LogP contribution in [-0.2, 0) is 11.2 Å². The van der Waals surface area contributed by atoms with Gasteiger partial charge >= 0.3 is 0 Å². The van der Waals surface area contributed by atoms with E-state index in [1.54, 1.807) is 6.07 Å². The van der Waals surface area contributed by atoms with Gasteiger partial charge in [-0.2, -0.15) is 0 Å². The summed E-state index contributed by atoms with van der Waals surface area (Å²) in [7, 11) is 0. The molecule has 1 aromatic carbocycles. The first-order valence-corrected chi connectivity index (χ1v) is 7.16. The zero-order chi connectivity index (χ0) is 13.0. The molecule has 1 atom stereocenters. The van der Waals surface area contributed by atoms with Crippen molar-refractivity contribution < 1.29 is 9.18 Å². The van der Waals surface area contributed by atoms with Gasteiger partial charge in [-0.1, -0.05) is 34.8 Å². The zero-order valence-corrected chi connectivity index (χ0v) is 11.8. The van der Waals surface area contributed by atoms with Crippen molar-refractivity contribution in [1.29, 1.82) is 0 Å². The number of carbonyl (C=O) groups excluding carboxylic acids is 1. The van der Waals surface area contributed by atoms with Crippen LogP contribution in [-0.4, -0.2) is 18.4 Å². The molecule has 0 bridgehead atoms. The molecule has 4 heteroatoms. The van der Waals surface area contributed by atoms with E-state index in [9.17, 15) is 9.18 Å². The maximum atomic E-state index is 13.0. The fourth-order valence-electron chi connectivity index (χ4n) is 2.28. The molecule has 1 unspecified atom stereocenters. The Balaban J connectivity index is 2.01. The molecule has 1 heterocycles. The van der Waals surface area contributed by atoms with E-state index in [4.69, 9.17) is 0 Å². The maximum absolute atomic E-state index is 13.0. The third-order valence-corrected chi connectivity index (χ3v) is 4.07. The Bertz CT molecular complexity index is 428. The highest BCUT2D eigenvalue weighted by molar-refractivity contribution is 9.10. The molecule has 1 aliphatic rings. The number of Topliss-reactive ketones (excluding diaryl/α,β-unsaturated/α-hetero) is 1. The van der Waals surface area contributed by atoms with Gasteiger partial charge in [0.1, 0.15) is 5.82 Å². The molecule has 0 radical (unpaired) electrons. The molecule has 1 saturated heterocycles. The highest BCUT2D eigenvalue weighted by Crippen LogP contribution is 2.20. The van der Waals surface area contributed by atoms with Crippen molar-refractivity contribution in [3.8, 4) is 0 Å². The summed E-state index contributed by atoms with van der Waals surface area (Å²) in [5.74, 6) is -0.0881. The normalized spacial score (nSPS) is 20.4. The lowest BCUT2D eigenvalue weighted by Crippen LogP contribution is -2.37. The number of halogens is 2. The smallest absolute Gasteiger partial charge is 0.154 e. The van der Waals surface area contributed by atoms with E-state index in [2.05, 4.69) is 21.2 Å². The number of rotatable bonds is 3. The SMILES string of the molecule is O=C(Cc1ccc(F)cc1Br)C1CCCCCN1. The van der Waals surface area contributed by atoms with Crippen LogP contribution in [0.4, 0.5) is 4.39 Å². The van der Waals surface area contributed by atoms with Crippen molar-refractivity contribution in [3.63, 3.8) is 0 Å². The number of hydrogen-bond donors (Lipinski definition) is 1. The topological polar surface area (TPSA) is 29.1 Å². The Kier molecular flexibility index (Phi) is 4.89. The van der Waals surface area contributed by atoms with Crippen LogP contribution in [0.1, 0.15) is 31.2 Å². The molecular formula is C14H17BrFNO. The van der Waals surface area contributed by atoms with Gasteiger partial charge in [0, 0.05) is 10.9 Å². The average molecular weight is 314 g/mol. The Morgan fingerprint density at radius 2 is 2.22 bits per heavy atom. The first-order chi connectivity index (χ1) is 8.66. The quantitative estimate of drug-likeness (QED) is 0.928. The molecule has 98 valence electrons. The van der Waals surface area contributed by atoms with Crippen LogP contribution in [0.25, 0.3) is 0 Å². The largest absolute Gasteiger partial charge is 0.307 e. The molecule has 1 aromatic rings. The van der Waals surface area contributed by atoms with Crippen LogP contribution in [0.5, 0.6) is 0 Å². The molecule has 2 nitrogen and oxygen atoms in total.